The van der Waals surface area contributed by atoms with Gasteiger partial charge in [0.15, 0.2) is 0 Å². The smallest absolute Gasteiger partial charge is 0.238 e. The van der Waals surface area contributed by atoms with Gasteiger partial charge in [0.25, 0.3) is 0 Å². The number of carbonyl (C=O) groups excluding carboxylic acids is 1. The van der Waals surface area contributed by atoms with Crippen molar-refractivity contribution in [3.05, 3.63) is 52.9 Å². The predicted molar refractivity (Wildman–Crippen MR) is 84.7 cm³/mol. The summed E-state index contributed by atoms with van der Waals surface area (Å²) in [5, 5.41) is 6.63. The molecule has 2 aromatic rings. The predicted octanol–water partition coefficient (Wildman–Crippen LogP) is 3.40. The Bertz CT molecular complexity index is 596. The molecule has 1 amide bonds. The lowest BCUT2D eigenvalue weighted by Crippen LogP contribution is -2.35. The standard InChI is InChI=1S/C16H19ClN2O2/c1-11-5-6-13(17)9-15(11)19-16(20)10-18-12(2)8-14-4-3-7-21-14/h3-7,9,12,18H,8,10H2,1-2H3,(H,19,20). The Hall–Kier alpha value is -1.78. The van der Waals surface area contributed by atoms with E-state index in [0.717, 1.165) is 23.4 Å². The van der Waals surface area contributed by atoms with E-state index >= 15 is 0 Å². The van der Waals surface area contributed by atoms with E-state index in [1.165, 1.54) is 0 Å². The molecule has 1 atom stereocenters. The second-order valence-electron chi connectivity index (χ2n) is 5.07. The van der Waals surface area contributed by atoms with E-state index in [-0.39, 0.29) is 18.5 Å². The van der Waals surface area contributed by atoms with Crippen LogP contribution in [0.15, 0.2) is 41.0 Å². The van der Waals surface area contributed by atoms with Crippen LogP contribution in [0.4, 0.5) is 5.69 Å². The van der Waals surface area contributed by atoms with Crippen LogP contribution in [-0.4, -0.2) is 18.5 Å². The molecule has 0 aliphatic carbocycles. The number of hydrogen-bond donors (Lipinski definition) is 2. The van der Waals surface area contributed by atoms with E-state index in [1.807, 2.05) is 32.0 Å². The molecule has 0 saturated heterocycles. The lowest BCUT2D eigenvalue weighted by Gasteiger charge is -2.13. The summed E-state index contributed by atoms with van der Waals surface area (Å²) in [6.07, 6.45) is 2.40. The van der Waals surface area contributed by atoms with Crippen LogP contribution in [0.2, 0.25) is 5.02 Å². The van der Waals surface area contributed by atoms with Gasteiger partial charge in [-0.25, -0.2) is 0 Å². The van der Waals surface area contributed by atoms with E-state index in [4.69, 9.17) is 16.0 Å². The molecule has 0 radical (unpaired) electrons. The van der Waals surface area contributed by atoms with Gasteiger partial charge in [0.2, 0.25) is 5.91 Å². The molecule has 21 heavy (non-hydrogen) atoms. The van der Waals surface area contributed by atoms with Gasteiger partial charge in [0.05, 0.1) is 12.8 Å². The summed E-state index contributed by atoms with van der Waals surface area (Å²) in [5.41, 5.74) is 1.73. The number of furan rings is 1. The summed E-state index contributed by atoms with van der Waals surface area (Å²) < 4.78 is 5.28. The average molecular weight is 307 g/mol. The maximum absolute atomic E-state index is 11.9. The number of hydrogen-bond acceptors (Lipinski definition) is 3. The van der Waals surface area contributed by atoms with Gasteiger partial charge in [-0.2, -0.15) is 0 Å². The van der Waals surface area contributed by atoms with Gasteiger partial charge in [0.1, 0.15) is 5.76 Å². The maximum atomic E-state index is 11.9. The molecule has 2 rings (SSSR count). The summed E-state index contributed by atoms with van der Waals surface area (Å²) in [6.45, 7) is 4.19. The quantitative estimate of drug-likeness (QED) is 0.860. The molecular weight excluding hydrogens is 288 g/mol. The molecule has 112 valence electrons. The second-order valence-corrected chi connectivity index (χ2v) is 5.51. The zero-order valence-corrected chi connectivity index (χ0v) is 12.9. The summed E-state index contributed by atoms with van der Waals surface area (Å²) >= 11 is 5.93. The van der Waals surface area contributed by atoms with Crippen LogP contribution in [0, 0.1) is 6.92 Å². The van der Waals surface area contributed by atoms with Gasteiger partial charge in [-0.3, -0.25) is 4.79 Å². The first-order valence-corrected chi connectivity index (χ1v) is 7.24. The summed E-state index contributed by atoms with van der Waals surface area (Å²) in [7, 11) is 0. The second kappa shape index (κ2) is 7.29. The minimum Gasteiger partial charge on any atom is -0.469 e. The third-order valence-corrected chi connectivity index (χ3v) is 3.41. The third kappa shape index (κ3) is 4.92. The Morgan fingerprint density at radius 1 is 1.38 bits per heavy atom. The van der Waals surface area contributed by atoms with Crippen molar-refractivity contribution in [1.29, 1.82) is 0 Å². The fraction of sp³-hybridized carbons (Fsp3) is 0.312. The Kier molecular flexibility index (Phi) is 5.42. The number of amides is 1. The Morgan fingerprint density at radius 3 is 2.90 bits per heavy atom. The van der Waals surface area contributed by atoms with Gasteiger partial charge in [-0.05, 0) is 43.7 Å². The summed E-state index contributed by atoms with van der Waals surface area (Å²) in [6, 6.07) is 9.37. The molecule has 2 N–H and O–H groups in total. The molecule has 1 heterocycles. The van der Waals surface area contributed by atoms with Gasteiger partial charge in [-0.15, -0.1) is 0 Å². The molecule has 5 heteroatoms. The number of rotatable bonds is 6. The van der Waals surface area contributed by atoms with Crippen molar-refractivity contribution in [3.63, 3.8) is 0 Å². The van der Waals surface area contributed by atoms with Crippen LogP contribution < -0.4 is 10.6 Å². The molecule has 0 bridgehead atoms. The first-order chi connectivity index (χ1) is 10.0. The number of benzene rings is 1. The largest absolute Gasteiger partial charge is 0.469 e. The number of halogens is 1. The van der Waals surface area contributed by atoms with Crippen LogP contribution in [0.3, 0.4) is 0 Å². The van der Waals surface area contributed by atoms with Crippen LogP contribution in [-0.2, 0) is 11.2 Å². The number of aryl methyl sites for hydroxylation is 1. The van der Waals surface area contributed by atoms with Gasteiger partial charge >= 0.3 is 0 Å². The lowest BCUT2D eigenvalue weighted by atomic mass is 10.2. The van der Waals surface area contributed by atoms with Crippen molar-refractivity contribution in [2.75, 3.05) is 11.9 Å². The topological polar surface area (TPSA) is 54.3 Å². The molecular formula is C16H19ClN2O2. The normalized spacial score (nSPS) is 12.1. The SMILES string of the molecule is Cc1ccc(Cl)cc1NC(=O)CNC(C)Cc1ccco1. The van der Waals surface area contributed by atoms with Crippen LogP contribution in [0.25, 0.3) is 0 Å². The molecule has 0 aliphatic rings. The van der Waals surface area contributed by atoms with Gasteiger partial charge < -0.3 is 15.1 Å². The average Bonchev–Trinajstić information content (AvgIpc) is 2.93. The molecule has 0 fully saturated rings. The fourth-order valence-electron chi connectivity index (χ4n) is 1.99. The first-order valence-electron chi connectivity index (χ1n) is 6.86. The highest BCUT2D eigenvalue weighted by Crippen LogP contribution is 2.19. The highest BCUT2D eigenvalue weighted by molar-refractivity contribution is 6.31. The molecule has 1 aromatic carbocycles. The number of nitrogens with one attached hydrogen (secondary N) is 2. The van der Waals surface area contributed by atoms with Crippen molar-refractivity contribution < 1.29 is 9.21 Å². The van der Waals surface area contributed by atoms with Gasteiger partial charge in [-0.1, -0.05) is 17.7 Å². The molecule has 4 nitrogen and oxygen atoms in total. The Morgan fingerprint density at radius 2 is 2.19 bits per heavy atom. The van der Waals surface area contributed by atoms with Gasteiger partial charge in [0, 0.05) is 23.2 Å². The van der Waals surface area contributed by atoms with E-state index in [1.54, 1.807) is 18.4 Å². The lowest BCUT2D eigenvalue weighted by molar-refractivity contribution is -0.115. The van der Waals surface area contributed by atoms with Crippen molar-refractivity contribution >= 4 is 23.2 Å². The Balaban J connectivity index is 1.80. The third-order valence-electron chi connectivity index (χ3n) is 3.17. The first kappa shape index (κ1) is 15.6. The molecule has 0 saturated carbocycles. The van der Waals surface area contributed by atoms with Crippen molar-refractivity contribution in [2.45, 2.75) is 26.3 Å². The fourth-order valence-corrected chi connectivity index (χ4v) is 2.16. The van der Waals surface area contributed by atoms with Crippen LogP contribution >= 0.6 is 11.6 Å². The maximum Gasteiger partial charge on any atom is 0.238 e. The highest BCUT2D eigenvalue weighted by Gasteiger charge is 2.09. The van der Waals surface area contributed by atoms with Crippen LogP contribution in [0.5, 0.6) is 0 Å². The zero-order valence-electron chi connectivity index (χ0n) is 12.2. The van der Waals surface area contributed by atoms with Crippen molar-refractivity contribution in [1.82, 2.24) is 5.32 Å². The number of anilines is 1. The zero-order chi connectivity index (χ0) is 15.2. The van der Waals surface area contributed by atoms with E-state index in [2.05, 4.69) is 10.6 Å². The molecule has 0 aliphatic heterocycles. The Labute approximate surface area is 129 Å². The number of carbonyl (C=O) groups is 1. The highest BCUT2D eigenvalue weighted by atomic mass is 35.5. The van der Waals surface area contributed by atoms with E-state index in [0.29, 0.717) is 5.02 Å². The van der Waals surface area contributed by atoms with Crippen LogP contribution in [0.1, 0.15) is 18.2 Å². The molecule has 1 unspecified atom stereocenters. The minimum atomic E-state index is -0.0911. The molecule has 1 aromatic heterocycles. The van der Waals surface area contributed by atoms with E-state index in [9.17, 15) is 4.79 Å². The minimum absolute atomic E-state index is 0.0911. The van der Waals surface area contributed by atoms with Crippen molar-refractivity contribution in [3.8, 4) is 0 Å². The van der Waals surface area contributed by atoms with E-state index < -0.39 is 0 Å². The monoisotopic (exact) mass is 306 g/mol. The molecule has 0 spiro atoms. The summed E-state index contributed by atoms with van der Waals surface area (Å²) in [4.78, 5) is 11.9. The van der Waals surface area contributed by atoms with Crippen molar-refractivity contribution in [2.24, 2.45) is 0 Å². The summed E-state index contributed by atoms with van der Waals surface area (Å²) in [5.74, 6) is 0.813.